The molecule has 0 unspecified atom stereocenters. The van der Waals surface area contributed by atoms with Crippen LogP contribution in [0.1, 0.15) is 25.0 Å². The second-order valence-electron chi connectivity index (χ2n) is 4.50. The van der Waals surface area contributed by atoms with Crippen LogP contribution in [0.25, 0.3) is 0 Å². The van der Waals surface area contributed by atoms with Gasteiger partial charge in [-0.05, 0) is 31.5 Å². The summed E-state index contributed by atoms with van der Waals surface area (Å²) < 4.78 is 6.86. The lowest BCUT2D eigenvalue weighted by atomic mass is 10.0. The number of hydrogen-bond acceptors (Lipinski definition) is 3. The number of isocyanates is 1. The van der Waals surface area contributed by atoms with Crippen LogP contribution in [0.15, 0.2) is 21.6 Å². The van der Waals surface area contributed by atoms with Crippen LogP contribution < -0.4 is 4.74 Å². The molecule has 0 fully saturated rings. The van der Waals surface area contributed by atoms with E-state index in [-0.39, 0.29) is 5.60 Å². The van der Waals surface area contributed by atoms with Gasteiger partial charge in [-0.3, -0.25) is 0 Å². The van der Waals surface area contributed by atoms with Crippen molar-refractivity contribution in [3.63, 3.8) is 0 Å². The van der Waals surface area contributed by atoms with Gasteiger partial charge in [-0.1, -0.05) is 15.9 Å². The van der Waals surface area contributed by atoms with Crippen LogP contribution >= 0.6 is 15.9 Å². The molecule has 84 valence electrons. The van der Waals surface area contributed by atoms with E-state index >= 15 is 0 Å². The molecule has 0 aliphatic carbocycles. The summed E-state index contributed by atoms with van der Waals surface area (Å²) in [7, 11) is 0. The van der Waals surface area contributed by atoms with E-state index in [1.54, 1.807) is 6.08 Å². The summed E-state index contributed by atoms with van der Waals surface area (Å²) in [6.07, 6.45) is 2.43. The molecule has 1 aromatic rings. The van der Waals surface area contributed by atoms with Crippen molar-refractivity contribution in [3.05, 3.63) is 27.7 Å². The molecule has 3 nitrogen and oxygen atoms in total. The van der Waals surface area contributed by atoms with E-state index in [2.05, 4.69) is 27.0 Å². The van der Waals surface area contributed by atoms with Gasteiger partial charge in [-0.2, -0.15) is 0 Å². The fraction of sp³-hybridized carbons (Fsp3) is 0.417. The van der Waals surface area contributed by atoms with Gasteiger partial charge in [0, 0.05) is 16.5 Å². The molecule has 0 saturated carbocycles. The number of halogens is 1. The predicted octanol–water partition coefficient (Wildman–Crippen LogP) is 3.00. The van der Waals surface area contributed by atoms with Gasteiger partial charge in [0.05, 0.1) is 6.54 Å². The van der Waals surface area contributed by atoms with Crippen molar-refractivity contribution in [2.75, 3.05) is 0 Å². The third kappa shape index (κ3) is 2.18. The highest BCUT2D eigenvalue weighted by molar-refractivity contribution is 9.10. The van der Waals surface area contributed by atoms with Crippen LogP contribution in [0.2, 0.25) is 0 Å². The molecule has 0 radical (unpaired) electrons. The standard InChI is InChI=1S/C12H12BrNO2/c1-12(2)5-8-3-10(13)4-9(6-14-7-15)11(8)16-12/h3-4H,5-6H2,1-2H3. The predicted molar refractivity (Wildman–Crippen MR) is 64.4 cm³/mol. The largest absolute Gasteiger partial charge is 0.487 e. The first-order valence-corrected chi connectivity index (χ1v) is 5.85. The van der Waals surface area contributed by atoms with Crippen LogP contribution in [0.5, 0.6) is 5.75 Å². The van der Waals surface area contributed by atoms with Gasteiger partial charge in [0.1, 0.15) is 11.4 Å². The SMILES string of the molecule is CC1(C)Cc2cc(Br)cc(CN=C=O)c2O1. The molecular formula is C12H12BrNO2. The molecule has 0 saturated heterocycles. The molecular weight excluding hydrogens is 270 g/mol. The number of fused-ring (bicyclic) bond motifs is 1. The molecule has 0 N–H and O–H groups in total. The second kappa shape index (κ2) is 4.04. The minimum absolute atomic E-state index is 0.178. The Hall–Kier alpha value is -1.12. The van der Waals surface area contributed by atoms with Crippen LogP contribution in [0.4, 0.5) is 0 Å². The zero-order valence-electron chi connectivity index (χ0n) is 9.21. The fourth-order valence-electron chi connectivity index (χ4n) is 1.98. The van der Waals surface area contributed by atoms with E-state index in [9.17, 15) is 4.79 Å². The van der Waals surface area contributed by atoms with Crippen LogP contribution in [0, 0.1) is 0 Å². The summed E-state index contributed by atoms with van der Waals surface area (Å²) in [5, 5.41) is 0. The molecule has 1 aliphatic rings. The number of nitrogens with zero attached hydrogens (tertiary/aromatic N) is 1. The van der Waals surface area contributed by atoms with E-state index in [1.807, 2.05) is 19.9 Å². The average molecular weight is 282 g/mol. The molecule has 0 amide bonds. The molecule has 4 heteroatoms. The zero-order chi connectivity index (χ0) is 11.8. The maximum absolute atomic E-state index is 10.1. The zero-order valence-corrected chi connectivity index (χ0v) is 10.8. The molecule has 1 heterocycles. The summed E-state index contributed by atoms with van der Waals surface area (Å²) in [6.45, 7) is 4.42. The maximum Gasteiger partial charge on any atom is 0.235 e. The Labute approximate surface area is 103 Å². The highest BCUT2D eigenvalue weighted by Crippen LogP contribution is 2.39. The molecule has 16 heavy (non-hydrogen) atoms. The van der Waals surface area contributed by atoms with Gasteiger partial charge >= 0.3 is 0 Å². The molecule has 1 aliphatic heterocycles. The highest BCUT2D eigenvalue weighted by atomic mass is 79.9. The van der Waals surface area contributed by atoms with E-state index in [4.69, 9.17) is 4.74 Å². The molecule has 2 rings (SSSR count). The topological polar surface area (TPSA) is 38.7 Å². The highest BCUT2D eigenvalue weighted by Gasteiger charge is 2.31. The lowest BCUT2D eigenvalue weighted by Crippen LogP contribution is -2.24. The van der Waals surface area contributed by atoms with Gasteiger partial charge in [-0.25, -0.2) is 9.79 Å². The minimum Gasteiger partial charge on any atom is -0.487 e. The van der Waals surface area contributed by atoms with Crippen molar-refractivity contribution in [1.82, 2.24) is 0 Å². The first-order valence-electron chi connectivity index (χ1n) is 5.06. The molecule has 0 bridgehead atoms. The molecule has 0 spiro atoms. The first-order chi connectivity index (χ1) is 7.52. The fourth-order valence-corrected chi connectivity index (χ4v) is 2.53. The Morgan fingerprint density at radius 3 is 3.00 bits per heavy atom. The van der Waals surface area contributed by atoms with Crippen LogP contribution in [-0.2, 0) is 17.8 Å². The van der Waals surface area contributed by atoms with E-state index in [0.717, 1.165) is 27.8 Å². The second-order valence-corrected chi connectivity index (χ2v) is 5.41. The third-order valence-electron chi connectivity index (χ3n) is 2.52. The van der Waals surface area contributed by atoms with Crippen molar-refractivity contribution >= 4 is 22.0 Å². The summed E-state index contributed by atoms with van der Waals surface area (Å²) in [6, 6.07) is 3.99. The van der Waals surface area contributed by atoms with E-state index in [0.29, 0.717) is 6.54 Å². The molecule has 1 aromatic carbocycles. The lowest BCUT2D eigenvalue weighted by molar-refractivity contribution is 0.137. The first kappa shape index (κ1) is 11.4. The normalized spacial score (nSPS) is 16.2. The van der Waals surface area contributed by atoms with Crippen molar-refractivity contribution in [1.29, 1.82) is 0 Å². The Kier molecular flexibility index (Phi) is 2.87. The maximum atomic E-state index is 10.1. The minimum atomic E-state index is -0.178. The molecule has 0 atom stereocenters. The Morgan fingerprint density at radius 2 is 2.31 bits per heavy atom. The van der Waals surface area contributed by atoms with Gasteiger partial charge in [0.15, 0.2) is 0 Å². The van der Waals surface area contributed by atoms with Crippen molar-refractivity contribution in [2.24, 2.45) is 4.99 Å². The number of hydrogen-bond donors (Lipinski definition) is 0. The average Bonchev–Trinajstić information content (AvgIpc) is 2.48. The summed E-state index contributed by atoms with van der Waals surface area (Å²) in [4.78, 5) is 13.7. The van der Waals surface area contributed by atoms with Crippen molar-refractivity contribution in [2.45, 2.75) is 32.4 Å². The van der Waals surface area contributed by atoms with Crippen molar-refractivity contribution < 1.29 is 9.53 Å². The van der Waals surface area contributed by atoms with Crippen LogP contribution in [0.3, 0.4) is 0 Å². The number of ether oxygens (including phenoxy) is 1. The van der Waals surface area contributed by atoms with E-state index < -0.39 is 0 Å². The summed E-state index contributed by atoms with van der Waals surface area (Å²) in [5.41, 5.74) is 1.91. The Balaban J connectivity index is 2.44. The van der Waals surface area contributed by atoms with Gasteiger partial charge in [-0.15, -0.1) is 0 Å². The third-order valence-corrected chi connectivity index (χ3v) is 2.97. The quantitative estimate of drug-likeness (QED) is 0.618. The summed E-state index contributed by atoms with van der Waals surface area (Å²) in [5.74, 6) is 0.868. The summed E-state index contributed by atoms with van der Waals surface area (Å²) >= 11 is 3.45. The smallest absolute Gasteiger partial charge is 0.235 e. The Morgan fingerprint density at radius 1 is 1.56 bits per heavy atom. The van der Waals surface area contributed by atoms with Gasteiger partial charge in [0.2, 0.25) is 6.08 Å². The van der Waals surface area contributed by atoms with Gasteiger partial charge in [0.25, 0.3) is 0 Å². The number of carbonyl (C=O) groups excluding carboxylic acids is 1. The van der Waals surface area contributed by atoms with Gasteiger partial charge < -0.3 is 4.74 Å². The van der Waals surface area contributed by atoms with Crippen molar-refractivity contribution in [3.8, 4) is 5.75 Å². The lowest BCUT2D eigenvalue weighted by Gasteiger charge is -2.17. The molecule has 0 aromatic heterocycles. The Bertz CT molecular complexity index is 476. The number of rotatable bonds is 2. The number of aliphatic imine (C=N–C) groups is 1. The van der Waals surface area contributed by atoms with E-state index in [1.165, 1.54) is 0 Å². The monoisotopic (exact) mass is 281 g/mol. The number of benzene rings is 1. The van der Waals surface area contributed by atoms with Crippen LogP contribution in [-0.4, -0.2) is 11.7 Å².